The number of nitrogens with zero attached hydrogens (tertiary/aromatic N) is 5. The van der Waals surface area contributed by atoms with Gasteiger partial charge in [0.25, 0.3) is 5.91 Å². The van der Waals surface area contributed by atoms with Crippen LogP contribution in [0.15, 0.2) is 84.5 Å². The van der Waals surface area contributed by atoms with Gasteiger partial charge in [0.1, 0.15) is 16.5 Å². The SMILES string of the molecule is Cc1ccc(-n2nc(C(C)(C)C)cc2NC(=O)Nc2ccccc2CC2CCN(C(=O)c3csc(-c4ccncc4)n3)CC2)cc1. The molecule has 4 heterocycles. The number of nitrogens with one attached hydrogen (secondary N) is 2. The number of piperidine rings is 1. The van der Waals surface area contributed by atoms with Gasteiger partial charge in [-0.3, -0.25) is 15.1 Å². The fraction of sp³-hybridized carbons (Fsp3) is 0.306. The van der Waals surface area contributed by atoms with Crippen LogP contribution in [0, 0.1) is 12.8 Å². The highest BCUT2D eigenvalue weighted by Gasteiger charge is 2.26. The number of rotatable bonds is 7. The summed E-state index contributed by atoms with van der Waals surface area (Å²) < 4.78 is 1.78. The summed E-state index contributed by atoms with van der Waals surface area (Å²) in [4.78, 5) is 37.1. The average Bonchev–Trinajstić information content (AvgIpc) is 3.71. The van der Waals surface area contributed by atoms with E-state index in [-0.39, 0.29) is 17.4 Å². The first-order chi connectivity index (χ1) is 22.1. The number of aryl methyl sites for hydroxylation is 1. The van der Waals surface area contributed by atoms with Crippen LogP contribution in [0.3, 0.4) is 0 Å². The maximum Gasteiger partial charge on any atom is 0.324 e. The van der Waals surface area contributed by atoms with E-state index >= 15 is 0 Å². The zero-order chi connectivity index (χ0) is 32.3. The number of urea groups is 1. The molecule has 1 fully saturated rings. The lowest BCUT2D eigenvalue weighted by atomic mass is 9.89. The molecule has 9 nitrogen and oxygen atoms in total. The Morgan fingerprint density at radius 3 is 2.39 bits per heavy atom. The number of amides is 3. The third kappa shape index (κ3) is 7.18. The van der Waals surface area contributed by atoms with Crippen molar-refractivity contribution in [2.45, 2.75) is 52.4 Å². The van der Waals surface area contributed by atoms with Gasteiger partial charge < -0.3 is 10.2 Å². The molecule has 1 saturated heterocycles. The smallest absolute Gasteiger partial charge is 0.324 e. The topological polar surface area (TPSA) is 105 Å². The third-order valence-corrected chi connectivity index (χ3v) is 9.22. The van der Waals surface area contributed by atoms with Crippen LogP contribution < -0.4 is 10.6 Å². The van der Waals surface area contributed by atoms with Crippen LogP contribution in [0.5, 0.6) is 0 Å². The standard InChI is InChI=1S/C36H39N7O2S/c1-24-9-11-28(12-10-24)43-32(22-31(41-43)36(2,3)4)40-35(45)39-29-8-6-5-7-27(29)21-25-15-19-42(20-16-25)34(44)30-23-46-33(38-30)26-13-17-37-18-14-26/h5-14,17-18,22-23,25H,15-16,19-21H2,1-4H3,(H2,39,40,45). The number of likely N-dealkylation sites (tertiary alicyclic amines) is 1. The Morgan fingerprint density at radius 2 is 1.67 bits per heavy atom. The monoisotopic (exact) mass is 633 g/mol. The van der Waals surface area contributed by atoms with E-state index in [1.165, 1.54) is 11.3 Å². The molecule has 1 aliphatic rings. The highest BCUT2D eigenvalue weighted by molar-refractivity contribution is 7.13. The van der Waals surface area contributed by atoms with Gasteiger partial charge in [0.15, 0.2) is 0 Å². The van der Waals surface area contributed by atoms with E-state index in [4.69, 9.17) is 5.10 Å². The molecule has 46 heavy (non-hydrogen) atoms. The van der Waals surface area contributed by atoms with Crippen LogP contribution in [0.1, 0.15) is 60.9 Å². The van der Waals surface area contributed by atoms with Crippen molar-refractivity contribution in [2.24, 2.45) is 5.92 Å². The Labute approximate surface area is 273 Å². The van der Waals surface area contributed by atoms with E-state index in [2.05, 4.69) is 47.4 Å². The first kappa shape index (κ1) is 31.2. The first-order valence-corrected chi connectivity index (χ1v) is 16.5. The van der Waals surface area contributed by atoms with Crippen LogP contribution in [-0.2, 0) is 11.8 Å². The van der Waals surface area contributed by atoms with E-state index in [9.17, 15) is 9.59 Å². The molecule has 0 unspecified atom stereocenters. The Morgan fingerprint density at radius 1 is 0.957 bits per heavy atom. The van der Waals surface area contributed by atoms with E-state index in [1.54, 1.807) is 17.1 Å². The lowest BCUT2D eigenvalue weighted by Gasteiger charge is -2.32. The maximum absolute atomic E-state index is 13.4. The predicted octanol–water partition coefficient (Wildman–Crippen LogP) is 7.74. The summed E-state index contributed by atoms with van der Waals surface area (Å²) in [5, 5.41) is 13.6. The summed E-state index contributed by atoms with van der Waals surface area (Å²) >= 11 is 1.48. The van der Waals surface area contributed by atoms with E-state index in [1.807, 2.05) is 77.9 Å². The highest BCUT2D eigenvalue weighted by atomic mass is 32.1. The second kappa shape index (κ2) is 13.3. The van der Waals surface area contributed by atoms with Crippen LogP contribution >= 0.6 is 11.3 Å². The van der Waals surface area contributed by atoms with Gasteiger partial charge in [0, 0.05) is 53.6 Å². The summed E-state index contributed by atoms with van der Waals surface area (Å²) in [6.45, 7) is 9.72. The summed E-state index contributed by atoms with van der Waals surface area (Å²) in [6, 6.07) is 21.4. The third-order valence-electron chi connectivity index (χ3n) is 8.32. The molecule has 236 valence electrons. The van der Waals surface area contributed by atoms with Gasteiger partial charge in [-0.1, -0.05) is 56.7 Å². The van der Waals surface area contributed by atoms with Crippen LogP contribution in [0.25, 0.3) is 16.3 Å². The quantitative estimate of drug-likeness (QED) is 0.191. The lowest BCUT2D eigenvalue weighted by Crippen LogP contribution is -2.39. The largest absolute Gasteiger partial charge is 0.337 e. The predicted molar refractivity (Wildman–Crippen MR) is 184 cm³/mol. The Kier molecular flexibility index (Phi) is 8.99. The van der Waals surface area contributed by atoms with Gasteiger partial charge in [-0.15, -0.1) is 11.3 Å². The van der Waals surface area contributed by atoms with Crippen LogP contribution in [0.2, 0.25) is 0 Å². The van der Waals surface area contributed by atoms with Gasteiger partial charge >= 0.3 is 6.03 Å². The molecule has 2 N–H and O–H groups in total. The second-order valence-corrected chi connectivity index (χ2v) is 13.7. The molecule has 5 aromatic rings. The zero-order valence-corrected chi connectivity index (χ0v) is 27.5. The number of pyridine rings is 1. The van der Waals surface area contributed by atoms with Gasteiger partial charge in [-0.25, -0.2) is 14.5 Å². The maximum atomic E-state index is 13.4. The number of aromatic nitrogens is 4. The second-order valence-electron chi connectivity index (χ2n) is 12.9. The molecular formula is C36H39N7O2S. The summed E-state index contributed by atoms with van der Waals surface area (Å²) in [7, 11) is 0. The minimum absolute atomic E-state index is 0.0201. The fourth-order valence-electron chi connectivity index (χ4n) is 5.62. The number of carbonyl (C=O) groups is 2. The van der Waals surface area contributed by atoms with Gasteiger partial charge in [0.05, 0.1) is 11.4 Å². The van der Waals surface area contributed by atoms with Crippen molar-refractivity contribution < 1.29 is 9.59 Å². The number of para-hydroxylation sites is 1. The summed E-state index contributed by atoms with van der Waals surface area (Å²) in [6.07, 6.45) is 6.05. The molecule has 0 saturated carbocycles. The highest BCUT2D eigenvalue weighted by Crippen LogP contribution is 2.29. The molecule has 0 spiro atoms. The number of carbonyl (C=O) groups excluding carboxylic acids is 2. The van der Waals surface area contributed by atoms with Crippen molar-refractivity contribution in [1.82, 2.24) is 24.6 Å². The Hall–Kier alpha value is -4.83. The van der Waals surface area contributed by atoms with Gasteiger partial charge in [-0.2, -0.15) is 5.10 Å². The Bertz CT molecular complexity index is 1820. The van der Waals surface area contributed by atoms with Crippen LogP contribution in [0.4, 0.5) is 16.3 Å². The van der Waals surface area contributed by atoms with E-state index in [0.717, 1.165) is 58.0 Å². The number of benzene rings is 2. The number of thiazole rings is 1. The summed E-state index contributed by atoms with van der Waals surface area (Å²) in [5.41, 5.74) is 6.05. The molecule has 3 amide bonds. The van der Waals surface area contributed by atoms with Crippen molar-refractivity contribution in [2.75, 3.05) is 23.7 Å². The lowest BCUT2D eigenvalue weighted by molar-refractivity contribution is 0.0685. The van der Waals surface area contributed by atoms with Crippen molar-refractivity contribution in [1.29, 1.82) is 0 Å². The minimum atomic E-state index is -0.323. The normalized spacial score (nSPS) is 13.9. The zero-order valence-electron chi connectivity index (χ0n) is 26.7. The van der Waals surface area contributed by atoms with Crippen molar-refractivity contribution in [3.63, 3.8) is 0 Å². The minimum Gasteiger partial charge on any atom is -0.337 e. The number of hydrogen-bond donors (Lipinski definition) is 2. The molecule has 6 rings (SSSR count). The molecule has 10 heteroatoms. The average molecular weight is 634 g/mol. The van der Waals surface area contributed by atoms with Crippen molar-refractivity contribution >= 4 is 34.8 Å². The summed E-state index contributed by atoms with van der Waals surface area (Å²) in [5.74, 6) is 0.984. The molecule has 0 atom stereocenters. The van der Waals surface area contributed by atoms with Gasteiger partial charge in [-0.05, 0) is 68.0 Å². The van der Waals surface area contributed by atoms with Gasteiger partial charge in [0.2, 0.25) is 0 Å². The van der Waals surface area contributed by atoms with E-state index in [0.29, 0.717) is 30.5 Å². The number of hydrogen-bond acceptors (Lipinski definition) is 6. The Balaban J connectivity index is 1.08. The van der Waals surface area contributed by atoms with E-state index < -0.39 is 0 Å². The molecule has 0 bridgehead atoms. The van der Waals surface area contributed by atoms with Crippen molar-refractivity contribution in [3.8, 4) is 16.3 Å². The molecule has 3 aromatic heterocycles. The molecule has 1 aliphatic heterocycles. The first-order valence-electron chi connectivity index (χ1n) is 15.6. The molecule has 0 aliphatic carbocycles. The van der Waals surface area contributed by atoms with Crippen molar-refractivity contribution in [3.05, 3.63) is 107 Å². The van der Waals surface area contributed by atoms with Crippen LogP contribution in [-0.4, -0.2) is 49.7 Å². The molecular weight excluding hydrogens is 595 g/mol. The molecule has 0 radical (unpaired) electrons. The fourth-order valence-corrected chi connectivity index (χ4v) is 6.42. The molecule has 2 aromatic carbocycles. The number of anilines is 2.